The summed E-state index contributed by atoms with van der Waals surface area (Å²) in [5.41, 5.74) is 6.05. The number of rotatable bonds is 3. The van der Waals surface area contributed by atoms with Gasteiger partial charge in [0.2, 0.25) is 0 Å². The fraction of sp³-hybridized carbons (Fsp3) is 0.917. The molecule has 3 N–H and O–H groups in total. The largest absolute Gasteiger partial charge is 0.377 e. The molecule has 1 aliphatic heterocycles. The minimum absolute atomic E-state index is 0.174. The van der Waals surface area contributed by atoms with Gasteiger partial charge in [0, 0.05) is 30.5 Å². The van der Waals surface area contributed by atoms with E-state index in [1.807, 2.05) is 0 Å². The lowest BCUT2D eigenvalue weighted by molar-refractivity contribution is -0.106. The van der Waals surface area contributed by atoms with Crippen LogP contribution in [0.5, 0.6) is 0 Å². The van der Waals surface area contributed by atoms with Crippen LogP contribution in [0.15, 0.2) is 4.99 Å². The smallest absolute Gasteiger partial charge is 0.188 e. The molecule has 2 aliphatic rings. The third-order valence-corrected chi connectivity index (χ3v) is 3.91. The minimum atomic E-state index is 0.174. The SMILES string of the molecule is CCCN=C(N)NC1C2CCOC2C1(C)C. The van der Waals surface area contributed by atoms with E-state index >= 15 is 0 Å². The molecular formula is C12H23N3O. The first kappa shape index (κ1) is 11.7. The van der Waals surface area contributed by atoms with Crippen molar-refractivity contribution >= 4 is 5.96 Å². The van der Waals surface area contributed by atoms with Crippen LogP contribution in [0.2, 0.25) is 0 Å². The molecule has 4 heteroatoms. The van der Waals surface area contributed by atoms with E-state index in [-0.39, 0.29) is 5.41 Å². The maximum Gasteiger partial charge on any atom is 0.188 e. The van der Waals surface area contributed by atoms with Crippen molar-refractivity contribution in [3.8, 4) is 0 Å². The van der Waals surface area contributed by atoms with E-state index in [0.29, 0.717) is 24.0 Å². The van der Waals surface area contributed by atoms with Gasteiger partial charge in [0.05, 0.1) is 6.10 Å². The van der Waals surface area contributed by atoms with Gasteiger partial charge >= 0.3 is 0 Å². The highest BCUT2D eigenvalue weighted by atomic mass is 16.5. The van der Waals surface area contributed by atoms with Gasteiger partial charge in [-0.1, -0.05) is 20.8 Å². The van der Waals surface area contributed by atoms with Crippen LogP contribution >= 0.6 is 0 Å². The Balaban J connectivity index is 1.95. The van der Waals surface area contributed by atoms with Crippen molar-refractivity contribution in [2.24, 2.45) is 22.1 Å². The number of nitrogens with two attached hydrogens (primary N) is 1. The summed E-state index contributed by atoms with van der Waals surface area (Å²) in [6.07, 6.45) is 2.59. The molecule has 0 aromatic rings. The number of nitrogens with zero attached hydrogens (tertiary/aromatic N) is 1. The van der Waals surface area contributed by atoms with Crippen molar-refractivity contribution < 1.29 is 4.74 Å². The Kier molecular flexibility index (Phi) is 3.10. The standard InChI is InChI=1S/C12H23N3O/c1-4-6-14-11(13)15-9-8-5-7-16-10(8)12(9,2)3/h8-10H,4-7H2,1-3H3,(H3,13,14,15). The maximum absolute atomic E-state index is 5.87. The van der Waals surface area contributed by atoms with Crippen molar-refractivity contribution in [2.75, 3.05) is 13.2 Å². The molecule has 2 rings (SSSR count). The van der Waals surface area contributed by atoms with E-state index in [1.54, 1.807) is 0 Å². The van der Waals surface area contributed by atoms with E-state index in [4.69, 9.17) is 10.5 Å². The summed E-state index contributed by atoms with van der Waals surface area (Å²) in [4.78, 5) is 4.29. The molecule has 3 unspecified atom stereocenters. The van der Waals surface area contributed by atoms with E-state index < -0.39 is 0 Å². The van der Waals surface area contributed by atoms with E-state index in [1.165, 1.54) is 0 Å². The summed E-state index contributed by atoms with van der Waals surface area (Å²) in [5.74, 6) is 1.20. The molecule has 1 heterocycles. The number of guanidine groups is 1. The predicted molar refractivity (Wildman–Crippen MR) is 65.3 cm³/mol. The van der Waals surface area contributed by atoms with Gasteiger partial charge in [-0.3, -0.25) is 4.99 Å². The molecule has 0 amide bonds. The molecule has 1 aliphatic carbocycles. The van der Waals surface area contributed by atoms with Gasteiger partial charge in [0.1, 0.15) is 0 Å². The zero-order chi connectivity index (χ0) is 11.8. The monoisotopic (exact) mass is 225 g/mol. The molecule has 0 spiro atoms. The average molecular weight is 225 g/mol. The van der Waals surface area contributed by atoms with Crippen LogP contribution in [-0.2, 0) is 4.74 Å². The van der Waals surface area contributed by atoms with Crippen molar-refractivity contribution in [2.45, 2.75) is 45.8 Å². The molecule has 1 saturated heterocycles. The Hall–Kier alpha value is -0.770. The predicted octanol–water partition coefficient (Wildman–Crippen LogP) is 1.11. The quantitative estimate of drug-likeness (QED) is 0.559. The Morgan fingerprint density at radius 3 is 3.00 bits per heavy atom. The van der Waals surface area contributed by atoms with Crippen LogP contribution in [0.1, 0.15) is 33.6 Å². The average Bonchev–Trinajstić information content (AvgIpc) is 2.69. The Morgan fingerprint density at radius 1 is 1.56 bits per heavy atom. The highest BCUT2D eigenvalue weighted by Crippen LogP contribution is 2.51. The van der Waals surface area contributed by atoms with Crippen LogP contribution in [0.4, 0.5) is 0 Å². The van der Waals surface area contributed by atoms with Crippen LogP contribution in [0, 0.1) is 11.3 Å². The highest BCUT2D eigenvalue weighted by molar-refractivity contribution is 5.78. The fourth-order valence-electron chi connectivity index (χ4n) is 3.05. The lowest BCUT2D eigenvalue weighted by Crippen LogP contribution is -2.67. The summed E-state index contributed by atoms with van der Waals surface area (Å²) in [6, 6.07) is 0.417. The first-order valence-corrected chi connectivity index (χ1v) is 6.25. The first-order valence-electron chi connectivity index (χ1n) is 6.25. The van der Waals surface area contributed by atoms with Crippen LogP contribution in [0.3, 0.4) is 0 Å². The number of nitrogens with one attached hydrogen (secondary N) is 1. The van der Waals surface area contributed by atoms with Crippen molar-refractivity contribution in [1.29, 1.82) is 0 Å². The van der Waals surface area contributed by atoms with Crippen LogP contribution in [-0.4, -0.2) is 31.3 Å². The number of aliphatic imine (C=N–C) groups is 1. The van der Waals surface area contributed by atoms with E-state index in [0.717, 1.165) is 26.0 Å². The highest BCUT2D eigenvalue weighted by Gasteiger charge is 2.59. The Labute approximate surface area is 97.6 Å². The number of hydrogen-bond donors (Lipinski definition) is 2. The molecular weight excluding hydrogens is 202 g/mol. The number of ether oxygens (including phenoxy) is 1. The van der Waals surface area contributed by atoms with Crippen LogP contribution in [0.25, 0.3) is 0 Å². The molecule has 0 aromatic carbocycles. The second-order valence-corrected chi connectivity index (χ2v) is 5.45. The van der Waals surface area contributed by atoms with Gasteiger partial charge in [0.15, 0.2) is 5.96 Å². The third-order valence-electron chi connectivity index (χ3n) is 3.91. The third kappa shape index (κ3) is 1.79. The van der Waals surface area contributed by atoms with E-state index in [2.05, 4.69) is 31.1 Å². The normalized spacial score (nSPS) is 36.7. The molecule has 4 nitrogen and oxygen atoms in total. The molecule has 2 fully saturated rings. The van der Waals surface area contributed by atoms with Crippen molar-refractivity contribution in [3.05, 3.63) is 0 Å². The zero-order valence-electron chi connectivity index (χ0n) is 10.5. The minimum Gasteiger partial charge on any atom is -0.377 e. The second kappa shape index (κ2) is 4.24. The van der Waals surface area contributed by atoms with Gasteiger partial charge < -0.3 is 15.8 Å². The molecule has 3 atom stereocenters. The topological polar surface area (TPSA) is 59.6 Å². The summed E-state index contributed by atoms with van der Waals surface area (Å²) in [7, 11) is 0. The second-order valence-electron chi connectivity index (χ2n) is 5.45. The lowest BCUT2D eigenvalue weighted by atomic mass is 9.57. The summed E-state index contributed by atoms with van der Waals surface area (Å²) >= 11 is 0. The molecule has 0 aromatic heterocycles. The number of hydrogen-bond acceptors (Lipinski definition) is 2. The summed E-state index contributed by atoms with van der Waals surface area (Å²) < 4.78 is 5.74. The first-order chi connectivity index (χ1) is 7.57. The van der Waals surface area contributed by atoms with E-state index in [9.17, 15) is 0 Å². The molecule has 16 heavy (non-hydrogen) atoms. The molecule has 0 bridgehead atoms. The van der Waals surface area contributed by atoms with Crippen LogP contribution < -0.4 is 11.1 Å². The van der Waals surface area contributed by atoms with Gasteiger partial charge in [-0.25, -0.2) is 0 Å². The van der Waals surface area contributed by atoms with Gasteiger partial charge in [-0.05, 0) is 12.8 Å². The Morgan fingerprint density at radius 2 is 2.31 bits per heavy atom. The van der Waals surface area contributed by atoms with Gasteiger partial charge in [-0.2, -0.15) is 0 Å². The van der Waals surface area contributed by atoms with Crippen molar-refractivity contribution in [1.82, 2.24) is 5.32 Å². The Bertz CT molecular complexity index is 288. The fourth-order valence-corrected chi connectivity index (χ4v) is 3.05. The number of fused-ring (bicyclic) bond motifs is 1. The molecule has 92 valence electrons. The maximum atomic E-state index is 5.87. The van der Waals surface area contributed by atoms with Gasteiger partial charge in [-0.15, -0.1) is 0 Å². The van der Waals surface area contributed by atoms with Crippen molar-refractivity contribution in [3.63, 3.8) is 0 Å². The zero-order valence-corrected chi connectivity index (χ0v) is 10.5. The molecule has 0 radical (unpaired) electrons. The van der Waals surface area contributed by atoms with Gasteiger partial charge in [0.25, 0.3) is 0 Å². The summed E-state index contributed by atoms with van der Waals surface area (Å²) in [5, 5.41) is 3.36. The molecule has 1 saturated carbocycles. The summed E-state index contributed by atoms with van der Waals surface area (Å²) in [6.45, 7) is 8.28. The lowest BCUT2D eigenvalue weighted by Gasteiger charge is -2.54.